The van der Waals surface area contributed by atoms with E-state index in [2.05, 4.69) is 16.0 Å². The van der Waals surface area contributed by atoms with Crippen molar-refractivity contribution >= 4 is 23.5 Å². The molecular weight excluding hydrogens is 454 g/mol. The van der Waals surface area contributed by atoms with Gasteiger partial charge in [0.05, 0.1) is 6.04 Å². The molecule has 0 bridgehead atoms. The number of carbonyl (C=O) groups is 4. The van der Waals surface area contributed by atoms with Crippen molar-refractivity contribution < 1.29 is 19.2 Å². The van der Waals surface area contributed by atoms with Crippen molar-refractivity contribution in [2.75, 3.05) is 0 Å². The number of aryl methyl sites for hydroxylation is 1. The summed E-state index contributed by atoms with van der Waals surface area (Å²) in [7, 11) is 0. The van der Waals surface area contributed by atoms with E-state index < -0.39 is 29.9 Å². The molecule has 7 nitrogen and oxygen atoms in total. The quantitative estimate of drug-likeness (QED) is 0.399. The number of nitrogens with one attached hydrogen (secondary N) is 3. The van der Waals surface area contributed by atoms with Gasteiger partial charge in [0, 0.05) is 5.92 Å². The normalized spacial score (nSPS) is 14.3. The van der Waals surface area contributed by atoms with Gasteiger partial charge in [-0.2, -0.15) is 0 Å². The van der Waals surface area contributed by atoms with Crippen molar-refractivity contribution in [2.45, 2.75) is 72.0 Å². The first-order chi connectivity index (χ1) is 17.1. The summed E-state index contributed by atoms with van der Waals surface area (Å²) in [5, 5.41) is 8.29. The molecule has 3 N–H and O–H groups in total. The molecule has 194 valence electrons. The van der Waals surface area contributed by atoms with Crippen LogP contribution in [0.4, 0.5) is 0 Å². The summed E-state index contributed by atoms with van der Waals surface area (Å²) < 4.78 is 0. The zero-order chi connectivity index (χ0) is 26.7. The minimum absolute atomic E-state index is 0.161. The molecule has 0 saturated carbocycles. The molecule has 0 aliphatic rings. The summed E-state index contributed by atoms with van der Waals surface area (Å²) in [4.78, 5) is 50.7. The number of hydrogen-bond donors (Lipinski definition) is 3. The molecule has 0 heterocycles. The lowest BCUT2D eigenvalue weighted by molar-refractivity contribution is -0.134. The van der Waals surface area contributed by atoms with Crippen molar-refractivity contribution in [1.82, 2.24) is 16.0 Å². The summed E-state index contributed by atoms with van der Waals surface area (Å²) in [6.07, 6.45) is 1.80. The fraction of sp³-hybridized carbons (Fsp3) is 0.448. The van der Waals surface area contributed by atoms with E-state index in [9.17, 15) is 19.2 Å². The molecule has 2 rings (SSSR count). The fourth-order valence-corrected chi connectivity index (χ4v) is 3.80. The molecule has 4 unspecified atom stereocenters. The van der Waals surface area contributed by atoms with Gasteiger partial charge in [-0.1, -0.05) is 81.4 Å². The maximum Gasteiger partial charge on any atom is 0.243 e. The van der Waals surface area contributed by atoms with E-state index in [1.807, 2.05) is 81.4 Å². The van der Waals surface area contributed by atoms with Crippen molar-refractivity contribution in [2.24, 2.45) is 11.8 Å². The molecule has 4 atom stereocenters. The third kappa shape index (κ3) is 9.29. The highest BCUT2D eigenvalue weighted by Crippen LogP contribution is 2.11. The van der Waals surface area contributed by atoms with Gasteiger partial charge >= 0.3 is 0 Å². The van der Waals surface area contributed by atoms with Crippen LogP contribution in [0.2, 0.25) is 0 Å². The number of carbonyl (C=O) groups excluding carboxylic acids is 4. The molecule has 2 aromatic carbocycles. The van der Waals surface area contributed by atoms with E-state index >= 15 is 0 Å². The molecular formula is C29H39N3O4. The second-order valence-corrected chi connectivity index (χ2v) is 9.75. The van der Waals surface area contributed by atoms with Crippen molar-refractivity contribution in [1.29, 1.82) is 0 Å². The first kappa shape index (κ1) is 28.8. The molecule has 3 amide bonds. The topological polar surface area (TPSA) is 104 Å². The Morgan fingerprint density at radius 3 is 1.78 bits per heavy atom. The van der Waals surface area contributed by atoms with Gasteiger partial charge in [-0.05, 0) is 50.2 Å². The second kappa shape index (κ2) is 14.2. The van der Waals surface area contributed by atoms with E-state index in [-0.39, 0.29) is 23.5 Å². The van der Waals surface area contributed by atoms with Gasteiger partial charge in [-0.15, -0.1) is 0 Å². The molecule has 0 saturated heterocycles. The van der Waals surface area contributed by atoms with E-state index in [0.717, 1.165) is 17.5 Å². The Hall–Kier alpha value is -3.48. The average molecular weight is 494 g/mol. The summed E-state index contributed by atoms with van der Waals surface area (Å²) in [5.41, 5.74) is 2.09. The van der Waals surface area contributed by atoms with Gasteiger partial charge in [-0.25, -0.2) is 0 Å². The van der Waals surface area contributed by atoms with Crippen LogP contribution in [0.25, 0.3) is 0 Å². The molecule has 0 radical (unpaired) electrons. The van der Waals surface area contributed by atoms with Crippen LogP contribution in [0.5, 0.6) is 0 Å². The van der Waals surface area contributed by atoms with Crippen LogP contribution in [-0.2, 0) is 32.0 Å². The second-order valence-electron chi connectivity index (χ2n) is 9.75. The molecule has 2 aromatic rings. The maximum absolute atomic E-state index is 13.0. The zero-order valence-corrected chi connectivity index (χ0v) is 21.9. The van der Waals surface area contributed by atoms with E-state index in [0.29, 0.717) is 12.8 Å². The Morgan fingerprint density at radius 1 is 0.694 bits per heavy atom. The molecule has 7 heteroatoms. The lowest BCUT2D eigenvalue weighted by Gasteiger charge is -2.26. The number of rotatable bonds is 13. The average Bonchev–Trinajstić information content (AvgIpc) is 2.85. The van der Waals surface area contributed by atoms with Gasteiger partial charge in [0.1, 0.15) is 12.1 Å². The summed E-state index contributed by atoms with van der Waals surface area (Å²) in [6, 6.07) is 17.0. The molecule has 0 aromatic heterocycles. The molecule has 0 fully saturated rings. The number of hydrogen-bond acceptors (Lipinski definition) is 4. The van der Waals surface area contributed by atoms with Crippen molar-refractivity contribution in [3.05, 3.63) is 71.8 Å². The van der Waals surface area contributed by atoms with Crippen LogP contribution < -0.4 is 16.0 Å². The monoisotopic (exact) mass is 493 g/mol. The predicted octanol–water partition coefficient (Wildman–Crippen LogP) is 3.22. The minimum atomic E-state index is -0.843. The molecule has 36 heavy (non-hydrogen) atoms. The molecule has 0 aliphatic heterocycles. The Kier molecular flexibility index (Phi) is 11.3. The Balaban J connectivity index is 1.92. The highest BCUT2D eigenvalue weighted by Gasteiger charge is 2.29. The summed E-state index contributed by atoms with van der Waals surface area (Å²) in [6.45, 7) is 8.51. The van der Waals surface area contributed by atoms with Crippen molar-refractivity contribution in [3.63, 3.8) is 0 Å². The first-order valence-electron chi connectivity index (χ1n) is 12.6. The molecule has 0 spiro atoms. The Morgan fingerprint density at radius 2 is 1.25 bits per heavy atom. The Bertz CT molecular complexity index is 1010. The summed E-state index contributed by atoms with van der Waals surface area (Å²) in [5.74, 6) is -1.73. The highest BCUT2D eigenvalue weighted by atomic mass is 16.2. The van der Waals surface area contributed by atoms with E-state index in [4.69, 9.17) is 0 Å². The first-order valence-corrected chi connectivity index (χ1v) is 12.6. The van der Waals surface area contributed by atoms with Gasteiger partial charge in [0.15, 0.2) is 5.78 Å². The molecule has 0 aliphatic carbocycles. The SMILES string of the molecule is CC(=O)C(Cc1ccccc1)NC(=O)C(NC(=O)C(C)NC(=O)C(C)CCc1ccccc1)C(C)C. The van der Waals surface area contributed by atoms with E-state index in [1.54, 1.807) is 6.92 Å². The smallest absolute Gasteiger partial charge is 0.243 e. The van der Waals surface area contributed by atoms with Gasteiger partial charge in [0.2, 0.25) is 17.7 Å². The van der Waals surface area contributed by atoms with Crippen LogP contribution in [0.1, 0.15) is 52.2 Å². The zero-order valence-electron chi connectivity index (χ0n) is 21.9. The highest BCUT2D eigenvalue weighted by molar-refractivity contribution is 5.94. The van der Waals surface area contributed by atoms with Crippen LogP contribution in [0.3, 0.4) is 0 Å². The predicted molar refractivity (Wildman–Crippen MR) is 141 cm³/mol. The fourth-order valence-electron chi connectivity index (χ4n) is 3.80. The lowest BCUT2D eigenvalue weighted by Crippen LogP contribution is -2.57. The lowest BCUT2D eigenvalue weighted by atomic mass is 9.99. The maximum atomic E-state index is 13.0. The minimum Gasteiger partial charge on any atom is -0.344 e. The standard InChI is InChI=1S/C29H39N3O4/c1-19(2)26(29(36)31-25(22(5)33)18-24-14-10-7-11-15-24)32-28(35)21(4)30-27(34)20(3)16-17-23-12-8-6-9-13-23/h6-15,19-21,25-26H,16-18H2,1-5H3,(H,30,34)(H,31,36)(H,32,35). The van der Waals surface area contributed by atoms with Crippen LogP contribution in [0, 0.1) is 11.8 Å². The third-order valence-corrected chi connectivity index (χ3v) is 6.25. The number of ketones is 1. The van der Waals surface area contributed by atoms with Crippen LogP contribution in [-0.4, -0.2) is 41.6 Å². The van der Waals surface area contributed by atoms with Crippen LogP contribution in [0.15, 0.2) is 60.7 Å². The number of amides is 3. The van der Waals surface area contributed by atoms with E-state index in [1.165, 1.54) is 6.92 Å². The van der Waals surface area contributed by atoms with Gasteiger partial charge in [0.25, 0.3) is 0 Å². The third-order valence-electron chi connectivity index (χ3n) is 6.25. The Labute approximate surface area is 214 Å². The number of benzene rings is 2. The van der Waals surface area contributed by atoms with Crippen LogP contribution >= 0.6 is 0 Å². The van der Waals surface area contributed by atoms with Gasteiger partial charge in [-0.3, -0.25) is 19.2 Å². The largest absolute Gasteiger partial charge is 0.344 e. The number of Topliss-reactive ketones (excluding diaryl/α,β-unsaturated/α-hetero) is 1. The van der Waals surface area contributed by atoms with Crippen molar-refractivity contribution in [3.8, 4) is 0 Å². The summed E-state index contributed by atoms with van der Waals surface area (Å²) >= 11 is 0. The van der Waals surface area contributed by atoms with Gasteiger partial charge < -0.3 is 16.0 Å².